The molecule has 10 nitrogen and oxygen atoms in total. The summed E-state index contributed by atoms with van der Waals surface area (Å²) >= 11 is 0. The summed E-state index contributed by atoms with van der Waals surface area (Å²) < 4.78 is 11.6. The van der Waals surface area contributed by atoms with Crippen LogP contribution in [0.5, 0.6) is 11.5 Å². The molecule has 2 aromatic carbocycles. The van der Waals surface area contributed by atoms with Crippen molar-refractivity contribution in [3.05, 3.63) is 60.2 Å². The number of benzene rings is 2. The van der Waals surface area contributed by atoms with Crippen molar-refractivity contribution in [2.24, 2.45) is 5.92 Å². The molecule has 0 fully saturated rings. The first-order chi connectivity index (χ1) is 19.2. The van der Waals surface area contributed by atoms with Crippen molar-refractivity contribution in [3.63, 3.8) is 0 Å². The molecule has 216 valence electrons. The molecule has 0 saturated carbocycles. The van der Waals surface area contributed by atoms with Crippen molar-refractivity contribution in [3.8, 4) is 11.5 Å². The molecule has 2 atom stereocenters. The molecule has 2 aromatic rings. The van der Waals surface area contributed by atoms with Crippen LogP contribution in [0.2, 0.25) is 0 Å². The van der Waals surface area contributed by atoms with Crippen LogP contribution in [0.25, 0.3) is 0 Å². The lowest BCUT2D eigenvalue weighted by atomic mass is 10.0. The summed E-state index contributed by atoms with van der Waals surface area (Å²) in [5.74, 6) is -0.201. The van der Waals surface area contributed by atoms with E-state index in [4.69, 9.17) is 9.47 Å². The second-order valence-electron chi connectivity index (χ2n) is 10.3. The first kappa shape index (κ1) is 30.5. The Balaban J connectivity index is 1.79. The van der Waals surface area contributed by atoms with Gasteiger partial charge in [0, 0.05) is 20.5 Å². The fourth-order valence-electron chi connectivity index (χ4n) is 4.37. The summed E-state index contributed by atoms with van der Waals surface area (Å²) in [4.78, 5) is 55.8. The van der Waals surface area contributed by atoms with Crippen LogP contribution in [0.15, 0.2) is 54.6 Å². The number of hydrogen-bond donors (Lipinski definition) is 2. The fourth-order valence-corrected chi connectivity index (χ4v) is 4.37. The van der Waals surface area contributed by atoms with Crippen LogP contribution in [-0.2, 0) is 14.4 Å². The topological polar surface area (TPSA) is 117 Å². The van der Waals surface area contributed by atoms with E-state index in [1.54, 1.807) is 38.4 Å². The number of carbonyl (C=O) groups is 4. The molecule has 0 unspecified atom stereocenters. The van der Waals surface area contributed by atoms with Crippen LogP contribution in [-0.4, -0.2) is 85.9 Å². The first-order valence-electron chi connectivity index (χ1n) is 13.7. The van der Waals surface area contributed by atoms with Gasteiger partial charge < -0.3 is 29.9 Å². The Morgan fingerprint density at radius 3 is 2.50 bits per heavy atom. The molecule has 0 bridgehead atoms. The summed E-state index contributed by atoms with van der Waals surface area (Å²) in [6.07, 6.45) is 0.484. The number of para-hydroxylation sites is 2. The summed E-state index contributed by atoms with van der Waals surface area (Å²) in [5, 5.41) is 5.64. The normalized spacial score (nSPS) is 18.9. The van der Waals surface area contributed by atoms with Crippen molar-refractivity contribution in [2.75, 3.05) is 40.4 Å². The Bertz CT molecular complexity index is 1160. The van der Waals surface area contributed by atoms with Crippen molar-refractivity contribution in [2.45, 2.75) is 45.2 Å². The first-order valence-corrected chi connectivity index (χ1v) is 13.7. The van der Waals surface area contributed by atoms with Crippen LogP contribution < -0.4 is 20.1 Å². The number of fused-ring (bicyclic) bond motifs is 1. The average Bonchev–Trinajstić information content (AvgIpc) is 2.94. The highest BCUT2D eigenvalue weighted by atomic mass is 16.5. The molecule has 1 aliphatic heterocycles. The maximum atomic E-state index is 13.4. The van der Waals surface area contributed by atoms with Gasteiger partial charge in [-0.25, -0.2) is 0 Å². The van der Waals surface area contributed by atoms with Crippen molar-refractivity contribution >= 4 is 23.6 Å². The quantitative estimate of drug-likeness (QED) is 0.545. The van der Waals surface area contributed by atoms with Crippen LogP contribution in [0, 0.1) is 5.92 Å². The van der Waals surface area contributed by atoms with E-state index in [2.05, 4.69) is 10.6 Å². The molecular formula is C30H40N4O6. The highest BCUT2D eigenvalue weighted by Gasteiger charge is 2.29. The van der Waals surface area contributed by atoms with Crippen molar-refractivity contribution in [1.29, 1.82) is 0 Å². The Morgan fingerprint density at radius 1 is 1.07 bits per heavy atom. The van der Waals surface area contributed by atoms with E-state index in [0.29, 0.717) is 17.9 Å². The van der Waals surface area contributed by atoms with Gasteiger partial charge in [-0.1, -0.05) is 44.2 Å². The molecule has 0 saturated heterocycles. The minimum Gasteiger partial charge on any atom is -0.492 e. The van der Waals surface area contributed by atoms with E-state index in [-0.39, 0.29) is 68.3 Å². The van der Waals surface area contributed by atoms with Gasteiger partial charge in [-0.15, -0.1) is 0 Å². The number of likely N-dealkylation sites (N-methyl/N-ethyl adjacent to an activating group) is 2. The lowest BCUT2D eigenvalue weighted by Crippen LogP contribution is -2.50. The van der Waals surface area contributed by atoms with Gasteiger partial charge >= 0.3 is 0 Å². The molecule has 0 aromatic heterocycles. The average molecular weight is 553 g/mol. The lowest BCUT2D eigenvalue weighted by Gasteiger charge is -2.26. The summed E-state index contributed by atoms with van der Waals surface area (Å²) in [6, 6.07) is 14.3. The van der Waals surface area contributed by atoms with E-state index in [1.165, 1.54) is 9.80 Å². The number of carbonyl (C=O) groups excluding carboxylic acids is 4. The lowest BCUT2D eigenvalue weighted by molar-refractivity contribution is -0.136. The van der Waals surface area contributed by atoms with Crippen LogP contribution in [0.4, 0.5) is 0 Å². The standard InChI is InChI=1S/C30H40N4O6/c1-21(2)20-25-30(38)34(4)17-19-40-26-13-9-8-12-23(26)28(36)32-24(14-15-27(35)31-25)29(37)33(3)16-18-39-22-10-6-5-7-11-22/h5-13,21,24-25H,14-20H2,1-4H3,(H,31,35)(H,32,36)/t24-,25-/m0/s1. The molecular weight excluding hydrogens is 512 g/mol. The molecule has 0 radical (unpaired) electrons. The highest BCUT2D eigenvalue weighted by Crippen LogP contribution is 2.19. The van der Waals surface area contributed by atoms with Gasteiger partial charge in [0.15, 0.2) is 0 Å². The maximum absolute atomic E-state index is 13.4. The van der Waals surface area contributed by atoms with Crippen LogP contribution in [0.3, 0.4) is 0 Å². The van der Waals surface area contributed by atoms with E-state index in [1.807, 2.05) is 44.2 Å². The van der Waals surface area contributed by atoms with Crippen molar-refractivity contribution < 1.29 is 28.7 Å². The van der Waals surface area contributed by atoms with Crippen molar-refractivity contribution in [1.82, 2.24) is 20.4 Å². The summed E-state index contributed by atoms with van der Waals surface area (Å²) in [5.41, 5.74) is 0.265. The molecule has 10 heteroatoms. The van der Waals surface area contributed by atoms with Crippen LogP contribution in [0.1, 0.15) is 43.5 Å². The zero-order chi connectivity index (χ0) is 29.1. The minimum atomic E-state index is -0.972. The molecule has 2 N–H and O–H groups in total. The number of hydrogen-bond acceptors (Lipinski definition) is 6. The third kappa shape index (κ3) is 9.00. The highest BCUT2D eigenvalue weighted by molar-refractivity contribution is 5.99. The van der Waals surface area contributed by atoms with E-state index in [9.17, 15) is 19.2 Å². The van der Waals surface area contributed by atoms with Gasteiger partial charge in [-0.3, -0.25) is 19.2 Å². The predicted molar refractivity (Wildman–Crippen MR) is 151 cm³/mol. The van der Waals surface area contributed by atoms with Gasteiger partial charge in [0.25, 0.3) is 5.91 Å². The largest absolute Gasteiger partial charge is 0.492 e. The predicted octanol–water partition coefficient (Wildman–Crippen LogP) is 2.48. The number of nitrogens with one attached hydrogen (secondary N) is 2. The second kappa shape index (κ2) is 14.9. The third-order valence-corrected chi connectivity index (χ3v) is 6.61. The summed E-state index contributed by atoms with van der Waals surface area (Å²) in [6.45, 7) is 4.94. The zero-order valence-corrected chi connectivity index (χ0v) is 23.7. The number of ether oxygens (including phenoxy) is 2. The molecule has 1 heterocycles. The van der Waals surface area contributed by atoms with Crippen LogP contribution >= 0.6 is 0 Å². The number of rotatable bonds is 7. The Morgan fingerprint density at radius 2 is 1.77 bits per heavy atom. The second-order valence-corrected chi connectivity index (χ2v) is 10.3. The van der Waals surface area contributed by atoms with E-state index < -0.39 is 18.0 Å². The third-order valence-electron chi connectivity index (χ3n) is 6.61. The van der Waals surface area contributed by atoms with E-state index in [0.717, 1.165) is 0 Å². The van der Waals surface area contributed by atoms with Gasteiger partial charge in [-0.05, 0) is 43.0 Å². The Kier molecular flexibility index (Phi) is 11.4. The summed E-state index contributed by atoms with van der Waals surface area (Å²) in [7, 11) is 3.29. The van der Waals surface area contributed by atoms with E-state index >= 15 is 0 Å². The molecule has 0 spiro atoms. The molecule has 1 aliphatic rings. The monoisotopic (exact) mass is 552 g/mol. The van der Waals surface area contributed by atoms with Gasteiger partial charge in [0.1, 0.15) is 36.8 Å². The van der Waals surface area contributed by atoms with Gasteiger partial charge in [0.05, 0.1) is 18.7 Å². The molecule has 4 amide bonds. The SMILES string of the molecule is CC(C)C[C@@H]1NC(=O)CC[C@@H](C(=O)N(C)CCOc2ccccc2)NC(=O)c2ccccc2OCCN(C)C1=O. The number of nitrogens with zero attached hydrogens (tertiary/aromatic N) is 2. The Labute approximate surface area is 236 Å². The molecule has 40 heavy (non-hydrogen) atoms. The minimum absolute atomic E-state index is 0.0468. The number of amides is 4. The molecule has 3 rings (SSSR count). The van der Waals surface area contributed by atoms with Gasteiger partial charge in [-0.2, -0.15) is 0 Å². The fraction of sp³-hybridized carbons (Fsp3) is 0.467. The zero-order valence-electron chi connectivity index (χ0n) is 23.7. The van der Waals surface area contributed by atoms with Gasteiger partial charge in [0.2, 0.25) is 17.7 Å². The Hall–Kier alpha value is -4.08. The maximum Gasteiger partial charge on any atom is 0.255 e. The molecule has 0 aliphatic carbocycles. The smallest absolute Gasteiger partial charge is 0.255 e.